The molecule has 7 nitrogen and oxygen atoms in total. The van der Waals surface area contributed by atoms with E-state index in [-0.39, 0.29) is 0 Å². The molecule has 0 saturated heterocycles. The molecule has 0 bridgehead atoms. The highest BCUT2D eigenvalue weighted by atomic mass is 16.3. The summed E-state index contributed by atoms with van der Waals surface area (Å²) in [5, 5.41) is 16.4. The molecular weight excluding hydrogens is 737 g/mol. The third kappa shape index (κ3) is 5.71. The molecule has 3 heterocycles. The van der Waals surface area contributed by atoms with Crippen LogP contribution < -0.4 is 0 Å². The van der Waals surface area contributed by atoms with Crippen molar-refractivity contribution in [1.82, 2.24) is 29.9 Å². The van der Waals surface area contributed by atoms with Crippen molar-refractivity contribution >= 4 is 54.5 Å². The van der Waals surface area contributed by atoms with Crippen molar-refractivity contribution in [3.8, 4) is 62.1 Å². The first kappa shape index (κ1) is 33.8. The monoisotopic (exact) mass is 768 g/mol. The van der Waals surface area contributed by atoms with E-state index in [1.807, 2.05) is 72.8 Å². The first-order valence-corrected chi connectivity index (χ1v) is 19.9. The SMILES string of the molecule is c1ccc(-c2ccc(-c3nc(-c4ccc5c(c4)oc4ccccc45)nc(-c4ccccc4-c4ccc5ccc6ccc7nn(-c8ccccc8)nc7c6c5c4)n3)cc2)cc1. The molecule has 3 aromatic heterocycles. The maximum absolute atomic E-state index is 6.31. The summed E-state index contributed by atoms with van der Waals surface area (Å²) in [4.78, 5) is 17.2. The third-order valence-electron chi connectivity index (χ3n) is 11.3. The van der Waals surface area contributed by atoms with Crippen molar-refractivity contribution < 1.29 is 4.42 Å². The Morgan fingerprint density at radius 1 is 0.367 bits per heavy atom. The number of rotatable bonds is 6. The Labute approximate surface area is 343 Å². The van der Waals surface area contributed by atoms with Gasteiger partial charge in [0.05, 0.1) is 5.69 Å². The molecule has 12 aromatic rings. The predicted octanol–water partition coefficient (Wildman–Crippen LogP) is 13.1. The van der Waals surface area contributed by atoms with Crippen LogP contribution >= 0.6 is 0 Å². The molecule has 0 unspecified atom stereocenters. The van der Waals surface area contributed by atoms with E-state index < -0.39 is 0 Å². The van der Waals surface area contributed by atoms with Crippen molar-refractivity contribution in [1.29, 1.82) is 0 Å². The second kappa shape index (κ2) is 13.7. The quantitative estimate of drug-likeness (QED) is 0.157. The molecular formula is C53H32N6O. The number of para-hydroxylation sites is 2. The Morgan fingerprint density at radius 2 is 0.967 bits per heavy atom. The van der Waals surface area contributed by atoms with Crippen LogP contribution in [-0.2, 0) is 0 Å². The van der Waals surface area contributed by atoms with Gasteiger partial charge in [0.1, 0.15) is 22.2 Å². The predicted molar refractivity (Wildman–Crippen MR) is 242 cm³/mol. The lowest BCUT2D eigenvalue weighted by Gasteiger charge is -2.13. The molecule has 60 heavy (non-hydrogen) atoms. The van der Waals surface area contributed by atoms with Gasteiger partial charge in [-0.1, -0.05) is 152 Å². The average Bonchev–Trinajstić information content (AvgIpc) is 3.94. The molecule has 0 saturated carbocycles. The van der Waals surface area contributed by atoms with E-state index >= 15 is 0 Å². The van der Waals surface area contributed by atoms with E-state index in [9.17, 15) is 0 Å². The molecule has 0 amide bonds. The minimum absolute atomic E-state index is 0.563. The second-order valence-corrected chi connectivity index (χ2v) is 15.0. The normalized spacial score (nSPS) is 11.7. The van der Waals surface area contributed by atoms with Crippen LogP contribution in [0.25, 0.3) is 117 Å². The lowest BCUT2D eigenvalue weighted by atomic mass is 9.94. The van der Waals surface area contributed by atoms with Gasteiger partial charge in [0.25, 0.3) is 0 Å². The van der Waals surface area contributed by atoms with Crippen LogP contribution in [0, 0.1) is 0 Å². The molecule has 0 radical (unpaired) electrons. The summed E-state index contributed by atoms with van der Waals surface area (Å²) in [7, 11) is 0. The first-order valence-electron chi connectivity index (χ1n) is 19.9. The summed E-state index contributed by atoms with van der Waals surface area (Å²) in [5.41, 5.74) is 11.2. The topological polar surface area (TPSA) is 82.5 Å². The highest BCUT2D eigenvalue weighted by Gasteiger charge is 2.19. The maximum Gasteiger partial charge on any atom is 0.164 e. The Balaban J connectivity index is 1.03. The first-order chi connectivity index (χ1) is 29.7. The van der Waals surface area contributed by atoms with Crippen LogP contribution in [0.4, 0.5) is 0 Å². The Morgan fingerprint density at radius 3 is 1.82 bits per heavy atom. The Hall–Kier alpha value is -8.29. The van der Waals surface area contributed by atoms with Gasteiger partial charge in [0.15, 0.2) is 17.5 Å². The number of nitrogens with zero attached hydrogens (tertiary/aromatic N) is 6. The van der Waals surface area contributed by atoms with Gasteiger partial charge in [-0.15, -0.1) is 10.2 Å². The molecule has 0 aliphatic heterocycles. The number of hydrogen-bond acceptors (Lipinski definition) is 6. The van der Waals surface area contributed by atoms with Crippen molar-refractivity contribution in [2.24, 2.45) is 0 Å². The highest BCUT2D eigenvalue weighted by Crippen LogP contribution is 2.38. The second-order valence-electron chi connectivity index (χ2n) is 15.0. The van der Waals surface area contributed by atoms with Gasteiger partial charge < -0.3 is 4.42 Å². The summed E-state index contributed by atoms with van der Waals surface area (Å²) in [6.45, 7) is 0. The zero-order valence-electron chi connectivity index (χ0n) is 32.1. The average molecular weight is 769 g/mol. The number of furan rings is 1. The maximum atomic E-state index is 6.31. The van der Waals surface area contributed by atoms with E-state index in [0.29, 0.717) is 17.5 Å². The van der Waals surface area contributed by atoms with Crippen LogP contribution in [0.3, 0.4) is 0 Å². The van der Waals surface area contributed by atoms with E-state index in [1.165, 1.54) is 0 Å². The highest BCUT2D eigenvalue weighted by molar-refractivity contribution is 6.19. The van der Waals surface area contributed by atoms with Gasteiger partial charge in [-0.3, -0.25) is 0 Å². The Bertz CT molecular complexity index is 3590. The number of benzene rings is 9. The molecule has 0 aliphatic carbocycles. The number of aromatic nitrogens is 6. The molecule has 12 rings (SSSR count). The number of hydrogen-bond donors (Lipinski definition) is 0. The molecule has 9 aromatic carbocycles. The van der Waals surface area contributed by atoms with Crippen LogP contribution in [-0.4, -0.2) is 29.9 Å². The van der Waals surface area contributed by atoms with E-state index in [1.54, 1.807) is 4.80 Å². The van der Waals surface area contributed by atoms with Crippen molar-refractivity contribution in [2.75, 3.05) is 0 Å². The molecule has 0 N–H and O–H groups in total. The molecule has 7 heteroatoms. The minimum Gasteiger partial charge on any atom is -0.456 e. The van der Waals surface area contributed by atoms with Crippen molar-refractivity contribution in [3.05, 3.63) is 194 Å². The van der Waals surface area contributed by atoms with E-state index in [2.05, 4.69) is 121 Å². The smallest absolute Gasteiger partial charge is 0.164 e. The Kier molecular flexibility index (Phi) is 7.71. The van der Waals surface area contributed by atoms with Gasteiger partial charge in [0, 0.05) is 32.8 Å². The third-order valence-corrected chi connectivity index (χ3v) is 11.3. The lowest BCUT2D eigenvalue weighted by Crippen LogP contribution is -2.01. The summed E-state index contributed by atoms with van der Waals surface area (Å²) in [6.07, 6.45) is 0. The fourth-order valence-electron chi connectivity index (χ4n) is 8.35. The van der Waals surface area contributed by atoms with Gasteiger partial charge in [-0.25, -0.2) is 15.0 Å². The summed E-state index contributed by atoms with van der Waals surface area (Å²) in [5.74, 6) is 1.73. The summed E-state index contributed by atoms with van der Waals surface area (Å²) < 4.78 is 6.31. The van der Waals surface area contributed by atoms with Crippen LogP contribution in [0.5, 0.6) is 0 Å². The van der Waals surface area contributed by atoms with E-state index in [4.69, 9.17) is 29.6 Å². The molecule has 0 aliphatic rings. The largest absolute Gasteiger partial charge is 0.456 e. The van der Waals surface area contributed by atoms with Gasteiger partial charge in [0.2, 0.25) is 0 Å². The zero-order chi connectivity index (χ0) is 39.6. The van der Waals surface area contributed by atoms with E-state index in [0.717, 1.165) is 99.1 Å². The molecule has 0 atom stereocenters. The zero-order valence-corrected chi connectivity index (χ0v) is 32.1. The summed E-state index contributed by atoms with van der Waals surface area (Å²) >= 11 is 0. The molecule has 0 spiro atoms. The van der Waals surface area contributed by atoms with Crippen LogP contribution in [0.2, 0.25) is 0 Å². The minimum atomic E-state index is 0.563. The van der Waals surface area contributed by atoms with Gasteiger partial charge in [-0.05, 0) is 80.9 Å². The standard InChI is InChI=1S/C53H32N6O/c1-3-11-33(12-4-1)34-19-24-37(25-20-34)51-54-52(39-27-29-43-42-16-9-10-18-47(42)60-48(43)32-39)56-53(55-51)44-17-8-7-15-41(44)38-26-22-35-21-23-36-28-30-46-50(49(36)45(35)31-38)58-59(57-46)40-13-5-2-6-14-40/h1-32H. The summed E-state index contributed by atoms with van der Waals surface area (Å²) in [6, 6.07) is 66.6. The fraction of sp³-hybridized carbons (Fsp3) is 0. The van der Waals surface area contributed by atoms with Crippen molar-refractivity contribution in [3.63, 3.8) is 0 Å². The van der Waals surface area contributed by atoms with Crippen LogP contribution in [0.1, 0.15) is 0 Å². The fourth-order valence-corrected chi connectivity index (χ4v) is 8.35. The number of fused-ring (bicyclic) bond motifs is 8. The molecule has 280 valence electrons. The van der Waals surface area contributed by atoms with Gasteiger partial charge in [-0.2, -0.15) is 4.80 Å². The van der Waals surface area contributed by atoms with Crippen molar-refractivity contribution in [2.45, 2.75) is 0 Å². The molecule has 0 fully saturated rings. The van der Waals surface area contributed by atoms with Crippen LogP contribution in [0.15, 0.2) is 199 Å². The van der Waals surface area contributed by atoms with Gasteiger partial charge >= 0.3 is 0 Å². The lowest BCUT2D eigenvalue weighted by molar-refractivity contribution is 0.669.